The van der Waals surface area contributed by atoms with Gasteiger partial charge in [-0.1, -0.05) is 12.1 Å². The van der Waals surface area contributed by atoms with Crippen LogP contribution in [0.4, 0.5) is 0 Å². The van der Waals surface area contributed by atoms with Gasteiger partial charge in [0.15, 0.2) is 23.3 Å². The quantitative estimate of drug-likeness (QED) is 0.519. The number of esters is 1. The van der Waals surface area contributed by atoms with Gasteiger partial charge >= 0.3 is 5.97 Å². The summed E-state index contributed by atoms with van der Waals surface area (Å²) in [5.41, 5.74) is -2.69. The van der Waals surface area contributed by atoms with Gasteiger partial charge in [0.25, 0.3) is 0 Å². The number of Topliss-reactive ketones (excluding diaryl/α,β-unsaturated/α-hetero) is 2. The highest BCUT2D eigenvalue weighted by Gasteiger charge is 2.55. The molecule has 0 saturated carbocycles. The number of ether oxygens (including phenoxy) is 1. The molecule has 28 heavy (non-hydrogen) atoms. The molecule has 0 heterocycles. The number of fused-ring (bicyclic) bond motifs is 3. The summed E-state index contributed by atoms with van der Waals surface area (Å²) in [4.78, 5) is 37.3. The highest BCUT2D eigenvalue weighted by atomic mass is 16.6. The van der Waals surface area contributed by atoms with E-state index < -0.39 is 41.1 Å². The Morgan fingerprint density at radius 1 is 1.21 bits per heavy atom. The first-order chi connectivity index (χ1) is 13.1. The second-order valence-corrected chi connectivity index (χ2v) is 7.09. The first kappa shape index (κ1) is 18.1. The van der Waals surface area contributed by atoms with Crippen molar-refractivity contribution in [3.8, 4) is 5.75 Å². The maximum absolute atomic E-state index is 12.9. The van der Waals surface area contributed by atoms with E-state index >= 15 is 0 Å². The molecule has 0 aromatic heterocycles. The van der Waals surface area contributed by atoms with Gasteiger partial charge in [-0.3, -0.25) is 14.4 Å². The van der Waals surface area contributed by atoms with Crippen LogP contribution in [0.1, 0.15) is 29.8 Å². The molecule has 3 atom stereocenters. The van der Waals surface area contributed by atoms with E-state index in [1.807, 2.05) is 0 Å². The second kappa shape index (κ2) is 5.63. The molecule has 8 nitrogen and oxygen atoms in total. The van der Waals surface area contributed by atoms with Gasteiger partial charge in [0.1, 0.15) is 17.6 Å². The average molecular weight is 384 g/mol. The maximum Gasteiger partial charge on any atom is 0.303 e. The smallest absolute Gasteiger partial charge is 0.303 e. The van der Waals surface area contributed by atoms with Crippen molar-refractivity contribution in [2.45, 2.75) is 31.7 Å². The van der Waals surface area contributed by atoms with Crippen LogP contribution in [0.2, 0.25) is 0 Å². The largest absolute Gasteiger partial charge is 0.507 e. The van der Waals surface area contributed by atoms with Gasteiger partial charge in [0, 0.05) is 34.8 Å². The summed E-state index contributed by atoms with van der Waals surface area (Å²) >= 11 is 0. The number of aromatic hydroxyl groups is 1. The van der Waals surface area contributed by atoms with Gasteiger partial charge < -0.3 is 25.2 Å². The fraction of sp³-hybridized carbons (Fsp3) is 0.250. The van der Waals surface area contributed by atoms with Gasteiger partial charge in [-0.05, 0) is 19.1 Å². The molecule has 0 amide bonds. The molecule has 0 aliphatic heterocycles. The van der Waals surface area contributed by atoms with Crippen molar-refractivity contribution in [2.75, 3.05) is 0 Å². The van der Waals surface area contributed by atoms with E-state index in [0.717, 1.165) is 13.8 Å². The van der Waals surface area contributed by atoms with Crippen LogP contribution < -0.4 is 0 Å². The molecule has 3 aliphatic carbocycles. The minimum atomic E-state index is -2.27. The summed E-state index contributed by atoms with van der Waals surface area (Å²) in [5, 5.41) is 41.8. The Labute approximate surface area is 158 Å². The van der Waals surface area contributed by atoms with Crippen molar-refractivity contribution < 1.29 is 39.5 Å². The van der Waals surface area contributed by atoms with Gasteiger partial charge in [-0.2, -0.15) is 0 Å². The Bertz CT molecular complexity index is 1070. The summed E-state index contributed by atoms with van der Waals surface area (Å²) in [6.45, 7) is 2.17. The number of aliphatic hydroxyl groups is 3. The third-order valence-corrected chi connectivity index (χ3v) is 5.27. The zero-order chi connectivity index (χ0) is 20.5. The van der Waals surface area contributed by atoms with Crippen LogP contribution in [-0.4, -0.2) is 55.8 Å². The van der Waals surface area contributed by atoms with Crippen LogP contribution in [0, 0.1) is 0 Å². The summed E-state index contributed by atoms with van der Waals surface area (Å²) < 4.78 is 5.15. The fourth-order valence-electron chi connectivity index (χ4n) is 3.90. The molecular weight excluding hydrogens is 368 g/mol. The highest BCUT2D eigenvalue weighted by molar-refractivity contribution is 6.24. The molecule has 4 rings (SSSR count). The number of ketones is 2. The molecule has 0 fully saturated rings. The Kier molecular flexibility index (Phi) is 3.65. The van der Waals surface area contributed by atoms with Gasteiger partial charge in [0.2, 0.25) is 0 Å². The second-order valence-electron chi connectivity index (χ2n) is 7.09. The first-order valence-electron chi connectivity index (χ1n) is 8.46. The zero-order valence-corrected chi connectivity index (χ0v) is 14.9. The number of phenolic OH excluding ortho intramolecular Hbond substituents is 1. The van der Waals surface area contributed by atoms with E-state index in [4.69, 9.17) is 4.74 Å². The number of rotatable bonds is 1. The maximum atomic E-state index is 12.9. The Morgan fingerprint density at radius 2 is 1.89 bits per heavy atom. The fourth-order valence-corrected chi connectivity index (χ4v) is 3.90. The summed E-state index contributed by atoms with van der Waals surface area (Å²) in [5.74, 6) is -3.04. The van der Waals surface area contributed by atoms with Gasteiger partial charge in [-0.15, -0.1) is 0 Å². The normalized spacial score (nSPS) is 28.6. The lowest BCUT2D eigenvalue weighted by atomic mass is 9.75. The Hall–Kier alpha value is -3.23. The number of hydrogen-bond acceptors (Lipinski definition) is 8. The van der Waals surface area contributed by atoms with Crippen LogP contribution in [0.15, 0.2) is 46.6 Å². The highest BCUT2D eigenvalue weighted by Crippen LogP contribution is 2.49. The van der Waals surface area contributed by atoms with Crippen molar-refractivity contribution in [1.29, 1.82) is 0 Å². The topological polar surface area (TPSA) is 141 Å². The van der Waals surface area contributed by atoms with Crippen LogP contribution in [0.25, 0.3) is 5.76 Å². The predicted octanol–water partition coefficient (Wildman–Crippen LogP) is 0.720. The summed E-state index contributed by atoms with van der Waals surface area (Å²) in [6.07, 6.45) is -2.10. The van der Waals surface area contributed by atoms with Gasteiger partial charge in [0.05, 0.1) is 5.56 Å². The van der Waals surface area contributed by atoms with Crippen molar-refractivity contribution in [3.63, 3.8) is 0 Å². The van der Waals surface area contributed by atoms with Crippen LogP contribution in [0.5, 0.6) is 5.75 Å². The van der Waals surface area contributed by atoms with E-state index in [0.29, 0.717) is 0 Å². The zero-order valence-electron chi connectivity index (χ0n) is 14.9. The van der Waals surface area contributed by atoms with E-state index in [2.05, 4.69) is 0 Å². The average Bonchev–Trinajstić information content (AvgIpc) is 3.02. The van der Waals surface area contributed by atoms with E-state index in [9.17, 15) is 34.8 Å². The molecule has 0 spiro atoms. The molecule has 144 valence electrons. The SMILES string of the molecule is CC(=O)O[C@H]1C2=C(C=C3C(=O)c4c(O)cccc4C(O)=C32)C(=O)[C@](C)(O)[C@@H]1O. The van der Waals surface area contributed by atoms with Crippen molar-refractivity contribution >= 4 is 23.3 Å². The molecule has 0 saturated heterocycles. The minimum absolute atomic E-state index is 0.0472. The van der Waals surface area contributed by atoms with Crippen LogP contribution in [0.3, 0.4) is 0 Å². The number of phenols is 1. The van der Waals surface area contributed by atoms with Crippen molar-refractivity contribution in [3.05, 3.63) is 57.7 Å². The number of carbonyl (C=O) groups excluding carboxylic acids is 3. The Morgan fingerprint density at radius 3 is 2.54 bits per heavy atom. The number of benzene rings is 1. The molecule has 0 unspecified atom stereocenters. The van der Waals surface area contributed by atoms with Gasteiger partial charge in [-0.25, -0.2) is 0 Å². The Balaban J connectivity index is 2.02. The molecule has 4 N–H and O–H groups in total. The van der Waals surface area contributed by atoms with Crippen LogP contribution >= 0.6 is 0 Å². The lowest BCUT2D eigenvalue weighted by Crippen LogP contribution is -2.57. The summed E-state index contributed by atoms with van der Waals surface area (Å²) in [6, 6.07) is 4.15. The number of aliphatic hydroxyl groups excluding tert-OH is 2. The lowest BCUT2D eigenvalue weighted by molar-refractivity contribution is -0.170. The third-order valence-electron chi connectivity index (χ3n) is 5.27. The standard InChI is InChI=1S/C20H16O8/c1-7(21)28-17-14-10(18(25)20(2,27)19(17)26)6-9-13(14)15(23)8-4-3-5-11(22)12(8)16(9)24/h3-6,17,19,22-23,26-27H,1-2H3/t17-,19+,20-/m0/s1. The van der Waals surface area contributed by atoms with Crippen molar-refractivity contribution in [1.82, 2.24) is 0 Å². The molecule has 1 aromatic carbocycles. The lowest BCUT2D eigenvalue weighted by Gasteiger charge is -2.38. The molecule has 3 aliphatic rings. The van der Waals surface area contributed by atoms with Crippen molar-refractivity contribution in [2.24, 2.45) is 0 Å². The minimum Gasteiger partial charge on any atom is -0.507 e. The van der Waals surface area contributed by atoms with E-state index in [1.165, 1.54) is 24.3 Å². The monoisotopic (exact) mass is 384 g/mol. The predicted molar refractivity (Wildman–Crippen MR) is 94.3 cm³/mol. The van der Waals surface area contributed by atoms with E-state index in [-0.39, 0.29) is 39.2 Å². The molecular formula is C20H16O8. The molecule has 0 radical (unpaired) electrons. The molecule has 1 aromatic rings. The first-order valence-corrected chi connectivity index (χ1v) is 8.46. The van der Waals surface area contributed by atoms with E-state index in [1.54, 1.807) is 0 Å². The summed E-state index contributed by atoms with van der Waals surface area (Å²) in [7, 11) is 0. The molecule has 8 heteroatoms. The third kappa shape index (κ3) is 2.15. The number of carbonyl (C=O) groups is 3. The number of allylic oxidation sites excluding steroid dienone is 2. The van der Waals surface area contributed by atoms with Crippen LogP contribution in [-0.2, 0) is 14.3 Å². The molecule has 0 bridgehead atoms. The number of hydrogen-bond donors (Lipinski definition) is 4.